The van der Waals surface area contributed by atoms with Gasteiger partial charge in [-0.3, -0.25) is 4.98 Å². The molecule has 6 rings (SSSR count). The Bertz CT molecular complexity index is 1580. The fourth-order valence-corrected chi connectivity index (χ4v) is 8.23. The molecule has 3 aliphatic rings. The molecule has 8 heteroatoms. The monoisotopic (exact) mass is 674 g/mol. The highest BCUT2D eigenvalue weighted by Crippen LogP contribution is 2.41. The molecule has 258 valence electrons. The maximum Gasteiger partial charge on any atom is 0.329 e. The minimum absolute atomic E-state index is 0.253. The summed E-state index contributed by atoms with van der Waals surface area (Å²) in [7, 11) is 0. The molecule has 2 aliphatic carbocycles. The number of fused-ring (bicyclic) bond motifs is 3. The number of carbonyl (C=O) groups is 1. The summed E-state index contributed by atoms with van der Waals surface area (Å²) in [4.78, 5) is 17.8. The van der Waals surface area contributed by atoms with E-state index >= 15 is 0 Å². The standard InChI is InChI=1S/C40H51ClN2O5/c1-4-7-29-24-47-36-20-30-13-16-40(39(44)45,43-33-10-6-9-32(41)22-33)15-12-28(19-31(30)21-37(36)48-25-29)18-26(2)23-46-35-14-17-42-34-11-5-8-27(3)38(34)35/h6,9-10,14,17,20-22,26-29,43H,4-5,7-8,11-13,15-16,18-19,23-25H2,1-3H3,(H,44,45)/t26-,27-,28+,29?,40+/m1/s1. The molecular formula is C40H51ClN2O5. The second-order valence-corrected chi connectivity index (χ2v) is 15.0. The topological polar surface area (TPSA) is 89.9 Å². The second-order valence-electron chi connectivity index (χ2n) is 14.6. The van der Waals surface area contributed by atoms with Gasteiger partial charge in [0, 0.05) is 34.1 Å². The molecule has 0 amide bonds. The van der Waals surface area contributed by atoms with Gasteiger partial charge in [-0.25, -0.2) is 4.79 Å². The summed E-state index contributed by atoms with van der Waals surface area (Å²) in [5, 5.41) is 14.8. The molecule has 3 aromatic rings. The van der Waals surface area contributed by atoms with E-state index in [1.807, 2.05) is 24.4 Å². The predicted octanol–water partition coefficient (Wildman–Crippen LogP) is 9.29. The Balaban J connectivity index is 1.26. The van der Waals surface area contributed by atoms with E-state index in [0.29, 0.717) is 55.9 Å². The highest BCUT2D eigenvalue weighted by molar-refractivity contribution is 6.30. The van der Waals surface area contributed by atoms with Gasteiger partial charge in [0.15, 0.2) is 11.5 Å². The normalized spacial score (nSPS) is 24.5. The number of carboxylic acid groups (broad SMARTS) is 1. The maximum atomic E-state index is 13.2. The lowest BCUT2D eigenvalue weighted by molar-refractivity contribution is -0.143. The Labute approximate surface area is 290 Å². The zero-order valence-electron chi connectivity index (χ0n) is 28.7. The number of anilines is 1. The number of nitrogens with one attached hydrogen (secondary N) is 1. The average molecular weight is 675 g/mol. The third-order valence-corrected chi connectivity index (χ3v) is 10.9. The first-order valence-corrected chi connectivity index (χ1v) is 18.4. The molecule has 2 aromatic carbocycles. The van der Waals surface area contributed by atoms with Crippen LogP contribution in [0.15, 0.2) is 48.7 Å². The maximum absolute atomic E-state index is 13.2. The molecule has 5 atom stereocenters. The molecular weight excluding hydrogens is 624 g/mol. The van der Waals surface area contributed by atoms with Crippen molar-refractivity contribution in [2.75, 3.05) is 25.1 Å². The minimum Gasteiger partial charge on any atom is -0.493 e. The van der Waals surface area contributed by atoms with Crippen LogP contribution in [0.5, 0.6) is 17.2 Å². The van der Waals surface area contributed by atoms with Gasteiger partial charge >= 0.3 is 5.97 Å². The molecule has 0 radical (unpaired) electrons. The number of hydrogen-bond donors (Lipinski definition) is 2. The molecule has 1 unspecified atom stereocenters. The largest absolute Gasteiger partial charge is 0.493 e. The Morgan fingerprint density at radius 3 is 2.62 bits per heavy atom. The van der Waals surface area contributed by atoms with Crippen LogP contribution in [0.1, 0.15) is 100 Å². The van der Waals surface area contributed by atoms with Crippen LogP contribution >= 0.6 is 11.6 Å². The van der Waals surface area contributed by atoms with Crippen LogP contribution in [0.4, 0.5) is 5.69 Å². The molecule has 1 aliphatic heterocycles. The van der Waals surface area contributed by atoms with Crippen LogP contribution in [0.2, 0.25) is 5.02 Å². The Kier molecular flexibility index (Phi) is 11.0. The first-order chi connectivity index (χ1) is 23.2. The number of pyridine rings is 1. The van der Waals surface area contributed by atoms with Crippen molar-refractivity contribution in [1.82, 2.24) is 4.98 Å². The molecule has 48 heavy (non-hydrogen) atoms. The third-order valence-electron chi connectivity index (χ3n) is 10.7. The summed E-state index contributed by atoms with van der Waals surface area (Å²) in [6.45, 7) is 8.61. The van der Waals surface area contributed by atoms with Crippen LogP contribution in [0.25, 0.3) is 0 Å². The van der Waals surface area contributed by atoms with Crippen LogP contribution in [0, 0.1) is 17.8 Å². The highest BCUT2D eigenvalue weighted by Gasteiger charge is 2.40. The summed E-state index contributed by atoms with van der Waals surface area (Å²) in [6.07, 6.45) is 11.5. The van der Waals surface area contributed by atoms with E-state index < -0.39 is 11.5 Å². The second kappa shape index (κ2) is 15.4. The molecule has 0 saturated carbocycles. The van der Waals surface area contributed by atoms with Gasteiger partial charge < -0.3 is 24.6 Å². The summed E-state index contributed by atoms with van der Waals surface area (Å²) in [5.74, 6) is 3.04. The van der Waals surface area contributed by atoms with Crippen molar-refractivity contribution in [1.29, 1.82) is 0 Å². The lowest BCUT2D eigenvalue weighted by atomic mass is 9.82. The van der Waals surface area contributed by atoms with Gasteiger partial charge in [0.1, 0.15) is 11.3 Å². The fraction of sp³-hybridized carbons (Fsp3) is 0.550. The number of carboxylic acids is 1. The Morgan fingerprint density at radius 1 is 1.08 bits per heavy atom. The molecule has 0 saturated heterocycles. The van der Waals surface area contributed by atoms with E-state index in [-0.39, 0.29) is 11.8 Å². The van der Waals surface area contributed by atoms with E-state index in [2.05, 4.69) is 43.2 Å². The lowest BCUT2D eigenvalue weighted by Crippen LogP contribution is -2.47. The molecule has 2 heterocycles. The number of benzene rings is 2. The zero-order chi connectivity index (χ0) is 33.7. The van der Waals surface area contributed by atoms with Crippen molar-refractivity contribution < 1.29 is 24.1 Å². The predicted molar refractivity (Wildman–Crippen MR) is 191 cm³/mol. The van der Waals surface area contributed by atoms with Gasteiger partial charge in [-0.15, -0.1) is 0 Å². The average Bonchev–Trinajstić information content (AvgIpc) is 3.22. The van der Waals surface area contributed by atoms with Gasteiger partial charge in [0.05, 0.1) is 19.8 Å². The van der Waals surface area contributed by atoms with E-state index in [1.54, 1.807) is 12.1 Å². The molecule has 2 N–H and O–H groups in total. The SMILES string of the molecule is CCCC1COc2cc3c(cc2OC1)C[C@H](C[C@@H](C)COc1ccnc2c1[C@H](C)CCC2)CC[C@@](Nc1cccc(Cl)c1)(C(=O)O)CC3. The summed E-state index contributed by atoms with van der Waals surface area (Å²) in [5.41, 5.74) is 4.39. The number of rotatable bonds is 10. The molecule has 0 fully saturated rings. The highest BCUT2D eigenvalue weighted by atomic mass is 35.5. The van der Waals surface area contributed by atoms with E-state index in [4.69, 9.17) is 25.8 Å². The Hall–Kier alpha value is -3.45. The van der Waals surface area contributed by atoms with Crippen LogP contribution < -0.4 is 19.5 Å². The third kappa shape index (κ3) is 8.05. The van der Waals surface area contributed by atoms with Gasteiger partial charge in [-0.2, -0.15) is 0 Å². The van der Waals surface area contributed by atoms with Crippen molar-refractivity contribution in [3.63, 3.8) is 0 Å². The van der Waals surface area contributed by atoms with Gasteiger partial charge in [-0.1, -0.05) is 44.9 Å². The number of aromatic nitrogens is 1. The number of aryl methyl sites for hydroxylation is 2. The molecule has 0 bridgehead atoms. The van der Waals surface area contributed by atoms with Crippen LogP contribution in [0.3, 0.4) is 0 Å². The van der Waals surface area contributed by atoms with E-state index in [9.17, 15) is 9.90 Å². The first kappa shape index (κ1) is 34.4. The van der Waals surface area contributed by atoms with Crippen molar-refractivity contribution >= 4 is 23.3 Å². The van der Waals surface area contributed by atoms with Gasteiger partial charge in [0.25, 0.3) is 0 Å². The van der Waals surface area contributed by atoms with Crippen LogP contribution in [-0.2, 0) is 24.1 Å². The molecule has 0 spiro atoms. The summed E-state index contributed by atoms with van der Waals surface area (Å²) in [6, 6.07) is 13.7. The lowest BCUT2D eigenvalue weighted by Gasteiger charge is -2.33. The van der Waals surface area contributed by atoms with Crippen molar-refractivity contribution in [3.8, 4) is 17.2 Å². The zero-order valence-corrected chi connectivity index (χ0v) is 29.5. The molecule has 7 nitrogen and oxygen atoms in total. The van der Waals surface area contributed by atoms with Gasteiger partial charge in [-0.05, 0) is 129 Å². The van der Waals surface area contributed by atoms with Gasteiger partial charge in [0.2, 0.25) is 0 Å². The van der Waals surface area contributed by atoms with Crippen molar-refractivity contribution in [2.45, 2.75) is 103 Å². The number of nitrogens with zero attached hydrogens (tertiary/aromatic N) is 1. The number of hydrogen-bond acceptors (Lipinski definition) is 6. The number of halogens is 1. The fourth-order valence-electron chi connectivity index (χ4n) is 8.04. The van der Waals surface area contributed by atoms with Crippen LogP contribution in [-0.4, -0.2) is 41.4 Å². The molecule has 1 aromatic heterocycles. The quantitative estimate of drug-likeness (QED) is 0.222. The van der Waals surface area contributed by atoms with Crippen molar-refractivity contribution in [3.05, 3.63) is 76.1 Å². The van der Waals surface area contributed by atoms with E-state index in [1.165, 1.54) is 29.7 Å². The minimum atomic E-state index is -1.15. The smallest absolute Gasteiger partial charge is 0.329 e. The summed E-state index contributed by atoms with van der Waals surface area (Å²) < 4.78 is 19.2. The number of ether oxygens (including phenoxy) is 3. The summed E-state index contributed by atoms with van der Waals surface area (Å²) >= 11 is 6.32. The number of aliphatic carboxylic acids is 1. The Morgan fingerprint density at radius 2 is 1.88 bits per heavy atom. The van der Waals surface area contributed by atoms with Crippen molar-refractivity contribution in [2.24, 2.45) is 17.8 Å². The first-order valence-electron chi connectivity index (χ1n) is 18.0. The van der Waals surface area contributed by atoms with E-state index in [0.717, 1.165) is 67.0 Å².